The first-order valence-electron chi connectivity index (χ1n) is 12.1. The molecule has 0 saturated carbocycles. The molecule has 3 atom stereocenters. The Bertz CT molecular complexity index is 1670. The number of nitrogens with one attached hydrogen (secondary N) is 2. The molecular weight excluding hydrogens is 512 g/mol. The van der Waals surface area contributed by atoms with Gasteiger partial charge in [-0.15, -0.1) is 0 Å². The summed E-state index contributed by atoms with van der Waals surface area (Å²) in [7, 11) is 2.81. The monoisotopic (exact) mass is 534 g/mol. The summed E-state index contributed by atoms with van der Waals surface area (Å²) in [6, 6.07) is 10.4. The highest BCUT2D eigenvalue weighted by molar-refractivity contribution is 6.36. The number of methoxy groups -OCH3 is 2. The highest BCUT2D eigenvalue weighted by Gasteiger charge is 2.63. The van der Waals surface area contributed by atoms with Crippen LogP contribution in [0.25, 0.3) is 10.9 Å². The zero-order valence-electron chi connectivity index (χ0n) is 20.8. The number of Topliss-reactive ketones (excluding diaryl/α,β-unsaturated/α-hetero) is 2. The van der Waals surface area contributed by atoms with Crippen molar-refractivity contribution < 1.29 is 28.6 Å². The fourth-order valence-corrected chi connectivity index (χ4v) is 6.14. The molecule has 0 radical (unpaired) electrons. The number of aromatic nitrogens is 1. The van der Waals surface area contributed by atoms with Crippen molar-refractivity contribution in [1.29, 1.82) is 0 Å². The third-order valence-corrected chi connectivity index (χ3v) is 8.07. The smallest absolute Gasteiger partial charge is 0.252 e. The number of fused-ring (bicyclic) bond motifs is 2. The van der Waals surface area contributed by atoms with Gasteiger partial charge in [-0.2, -0.15) is 0 Å². The number of pyridine rings is 1. The first-order chi connectivity index (χ1) is 18.2. The maximum atomic E-state index is 14.4. The van der Waals surface area contributed by atoms with Crippen LogP contribution >= 0.6 is 11.6 Å². The number of hydrogen-bond acceptors (Lipinski definition) is 7. The van der Waals surface area contributed by atoms with E-state index in [2.05, 4.69) is 10.3 Å². The molecule has 2 aliphatic heterocycles. The number of halogens is 1. The van der Waals surface area contributed by atoms with Gasteiger partial charge in [0.2, 0.25) is 23.1 Å². The Kier molecular flexibility index (Phi) is 5.39. The number of allylic oxidation sites excluding steroid dienone is 1. The normalized spacial score (nSPS) is 24.3. The van der Waals surface area contributed by atoms with E-state index in [4.69, 9.17) is 25.8 Å². The van der Waals surface area contributed by atoms with E-state index in [0.29, 0.717) is 11.2 Å². The lowest BCUT2D eigenvalue weighted by atomic mass is 9.66. The highest BCUT2D eigenvalue weighted by Crippen LogP contribution is 2.55. The predicted octanol–water partition coefficient (Wildman–Crippen LogP) is 3.68. The fourth-order valence-electron chi connectivity index (χ4n) is 5.88. The van der Waals surface area contributed by atoms with Crippen LogP contribution in [-0.2, 0) is 9.59 Å². The minimum Gasteiger partial charge on any atom is -0.496 e. The third-order valence-electron chi connectivity index (χ3n) is 7.72. The summed E-state index contributed by atoms with van der Waals surface area (Å²) < 4.78 is 17.0. The SMILES string of the molecule is COc1cc(OC)c2c(c1Cl)O[C@@]1(C(=O)C3=C(C[C@H]1C)NC(=O)CC3c1cc3ccccc3[nH]c1=O)C2=O. The number of rotatable bonds is 3. The average molecular weight is 535 g/mol. The number of carbonyl (C=O) groups excluding carboxylic acids is 3. The second kappa shape index (κ2) is 8.46. The number of H-pyrrole nitrogens is 1. The molecule has 194 valence electrons. The van der Waals surface area contributed by atoms with Crippen molar-refractivity contribution in [1.82, 2.24) is 10.3 Å². The first-order valence-corrected chi connectivity index (χ1v) is 12.5. The standard InChI is InChI=1S/C28H23ClN2O7/c1-12-8-17-21(14(10-20(32)30-17)15-9-13-6-4-5-7-16(13)31-27(15)35)25(33)28(12)26(34)22-18(36-2)11-19(37-3)23(29)24(22)38-28/h4-7,9,11-12,14H,8,10H2,1-3H3,(H,30,32)(H,31,35)/t12-,14?,28+/m1/s1. The summed E-state index contributed by atoms with van der Waals surface area (Å²) in [6.45, 7) is 1.71. The van der Waals surface area contributed by atoms with Crippen LogP contribution < -0.4 is 25.1 Å². The minimum atomic E-state index is -1.94. The molecule has 0 saturated heterocycles. The van der Waals surface area contributed by atoms with Crippen LogP contribution in [0.15, 0.2) is 52.5 Å². The molecule has 1 aliphatic carbocycles. The van der Waals surface area contributed by atoms with Crippen LogP contribution in [-0.4, -0.2) is 42.3 Å². The third kappa shape index (κ3) is 3.18. The Morgan fingerprint density at radius 3 is 2.47 bits per heavy atom. The summed E-state index contributed by atoms with van der Waals surface area (Å²) in [5.74, 6) is -2.62. The zero-order chi connectivity index (χ0) is 26.9. The Balaban J connectivity index is 1.53. The number of aromatic amines is 1. The number of benzene rings is 2. The molecule has 1 aromatic heterocycles. The van der Waals surface area contributed by atoms with E-state index in [1.54, 1.807) is 25.1 Å². The summed E-state index contributed by atoms with van der Waals surface area (Å²) >= 11 is 6.52. The molecule has 0 fully saturated rings. The Morgan fingerprint density at radius 2 is 1.74 bits per heavy atom. The lowest BCUT2D eigenvalue weighted by Gasteiger charge is -2.41. The lowest BCUT2D eigenvalue weighted by molar-refractivity contribution is -0.131. The molecule has 3 heterocycles. The number of carbonyl (C=O) groups is 3. The molecule has 10 heteroatoms. The van der Waals surface area contributed by atoms with E-state index >= 15 is 0 Å². The van der Waals surface area contributed by atoms with Gasteiger partial charge in [0.15, 0.2) is 5.75 Å². The van der Waals surface area contributed by atoms with Gasteiger partial charge in [-0.3, -0.25) is 19.2 Å². The summed E-state index contributed by atoms with van der Waals surface area (Å²) in [5, 5.41) is 3.60. The van der Waals surface area contributed by atoms with Gasteiger partial charge in [0.1, 0.15) is 22.1 Å². The van der Waals surface area contributed by atoms with Crippen LogP contribution in [0.2, 0.25) is 5.02 Å². The topological polar surface area (TPSA) is 124 Å². The van der Waals surface area contributed by atoms with Crippen LogP contribution in [0, 0.1) is 5.92 Å². The number of hydrogen-bond donors (Lipinski definition) is 2. The Hall–Kier alpha value is -4.11. The number of ketones is 2. The average Bonchev–Trinajstić information content (AvgIpc) is 3.21. The van der Waals surface area contributed by atoms with E-state index in [1.165, 1.54) is 20.3 Å². The molecule has 0 bridgehead atoms. The van der Waals surface area contributed by atoms with Gasteiger partial charge >= 0.3 is 0 Å². The second-order valence-corrected chi connectivity index (χ2v) is 10.1. The number of ether oxygens (including phenoxy) is 3. The van der Waals surface area contributed by atoms with Crippen molar-refractivity contribution in [2.24, 2.45) is 5.92 Å². The van der Waals surface area contributed by atoms with Crippen molar-refractivity contribution in [3.8, 4) is 17.2 Å². The molecule has 1 amide bonds. The molecule has 9 nitrogen and oxygen atoms in total. The van der Waals surface area contributed by atoms with Crippen LogP contribution in [0.4, 0.5) is 0 Å². The Morgan fingerprint density at radius 1 is 1.00 bits per heavy atom. The number of amides is 1. The van der Waals surface area contributed by atoms with Crippen LogP contribution in [0.3, 0.4) is 0 Å². The van der Waals surface area contributed by atoms with E-state index in [9.17, 15) is 19.2 Å². The molecule has 6 rings (SSSR count). The van der Waals surface area contributed by atoms with Crippen molar-refractivity contribution >= 4 is 40.0 Å². The quantitative estimate of drug-likeness (QED) is 0.491. The fraction of sp³-hybridized carbons (Fsp3) is 0.286. The molecular formula is C28H23ClN2O7. The highest BCUT2D eigenvalue weighted by atomic mass is 35.5. The molecule has 2 N–H and O–H groups in total. The van der Waals surface area contributed by atoms with Gasteiger partial charge < -0.3 is 24.5 Å². The maximum Gasteiger partial charge on any atom is 0.252 e. The van der Waals surface area contributed by atoms with Gasteiger partial charge in [-0.1, -0.05) is 36.7 Å². The second-order valence-electron chi connectivity index (χ2n) is 9.74. The van der Waals surface area contributed by atoms with Crippen molar-refractivity contribution in [3.63, 3.8) is 0 Å². The zero-order valence-corrected chi connectivity index (χ0v) is 21.5. The van der Waals surface area contributed by atoms with Crippen molar-refractivity contribution in [2.45, 2.75) is 31.3 Å². The molecule has 3 aliphatic rings. The van der Waals surface area contributed by atoms with E-state index in [0.717, 1.165) is 5.39 Å². The Labute approximate surface area is 221 Å². The first kappa shape index (κ1) is 24.2. The van der Waals surface area contributed by atoms with E-state index in [-0.39, 0.29) is 57.7 Å². The van der Waals surface area contributed by atoms with Gasteiger partial charge in [-0.25, -0.2) is 0 Å². The van der Waals surface area contributed by atoms with Crippen molar-refractivity contribution in [2.75, 3.05) is 14.2 Å². The summed E-state index contributed by atoms with van der Waals surface area (Å²) in [5.41, 5.74) is -0.805. The summed E-state index contributed by atoms with van der Waals surface area (Å²) in [6.07, 6.45) is 0.0427. The maximum absolute atomic E-state index is 14.4. The van der Waals surface area contributed by atoms with Gasteiger partial charge in [-0.05, 0) is 23.9 Å². The summed E-state index contributed by atoms with van der Waals surface area (Å²) in [4.78, 5) is 57.2. The van der Waals surface area contributed by atoms with Gasteiger partial charge in [0, 0.05) is 46.7 Å². The molecule has 1 spiro atoms. The van der Waals surface area contributed by atoms with Crippen LogP contribution in [0.5, 0.6) is 17.2 Å². The molecule has 1 unspecified atom stereocenters. The van der Waals surface area contributed by atoms with E-state index in [1.807, 2.05) is 12.1 Å². The molecule has 3 aromatic rings. The van der Waals surface area contributed by atoms with Crippen molar-refractivity contribution in [3.05, 3.63) is 74.2 Å². The van der Waals surface area contributed by atoms with Gasteiger partial charge in [0.25, 0.3) is 5.56 Å². The number of para-hydroxylation sites is 1. The molecule has 2 aromatic carbocycles. The predicted molar refractivity (Wildman–Crippen MR) is 138 cm³/mol. The van der Waals surface area contributed by atoms with E-state index < -0.39 is 34.6 Å². The molecule has 38 heavy (non-hydrogen) atoms. The van der Waals surface area contributed by atoms with Crippen LogP contribution in [0.1, 0.15) is 41.6 Å². The van der Waals surface area contributed by atoms with Gasteiger partial charge in [0.05, 0.1) is 14.2 Å². The minimum absolute atomic E-state index is 0.0112. The largest absolute Gasteiger partial charge is 0.496 e. The lowest BCUT2D eigenvalue weighted by Crippen LogP contribution is -2.59.